The fourth-order valence-corrected chi connectivity index (χ4v) is 2.92. The molecule has 0 aliphatic carbocycles. The number of aliphatic hydroxyl groups is 1. The number of amides is 1. The van der Waals surface area contributed by atoms with Gasteiger partial charge in [0, 0.05) is 11.3 Å². The van der Waals surface area contributed by atoms with Gasteiger partial charge in [0.1, 0.15) is 23.9 Å². The smallest absolute Gasteiger partial charge is 0.262 e. The summed E-state index contributed by atoms with van der Waals surface area (Å²) < 4.78 is 11.3. The lowest BCUT2D eigenvalue weighted by molar-refractivity contribution is -0.118. The molecule has 0 aliphatic rings. The number of anilines is 1. The summed E-state index contributed by atoms with van der Waals surface area (Å²) in [4.78, 5) is 12.3. The van der Waals surface area contributed by atoms with E-state index in [-0.39, 0.29) is 19.1 Å². The zero-order valence-corrected chi connectivity index (χ0v) is 16.4. The van der Waals surface area contributed by atoms with E-state index in [9.17, 15) is 4.79 Å². The summed E-state index contributed by atoms with van der Waals surface area (Å²) >= 11 is 0. The van der Waals surface area contributed by atoms with Gasteiger partial charge in [0.25, 0.3) is 5.91 Å². The molecule has 0 spiro atoms. The van der Waals surface area contributed by atoms with Crippen molar-refractivity contribution in [2.24, 2.45) is 0 Å². The average molecular weight is 379 g/mol. The largest absolute Gasteiger partial charge is 0.483 e. The van der Waals surface area contributed by atoms with E-state index in [1.165, 1.54) is 0 Å². The van der Waals surface area contributed by atoms with E-state index in [1.807, 2.05) is 37.3 Å². The zero-order chi connectivity index (χ0) is 20.1. The predicted octanol–water partition coefficient (Wildman–Crippen LogP) is 4.89. The van der Waals surface area contributed by atoms with Crippen molar-refractivity contribution in [1.82, 2.24) is 0 Å². The molecule has 3 aromatic rings. The molecular weight excluding hydrogens is 354 g/mol. The molecule has 3 rings (SSSR count). The summed E-state index contributed by atoms with van der Waals surface area (Å²) in [6.45, 7) is 6.01. The molecule has 1 amide bonds. The van der Waals surface area contributed by atoms with Crippen LogP contribution in [0, 0.1) is 6.92 Å². The SMILES string of the molecule is Cc1ccc(C(C)C)c(OCC(=O)Nc2ccc(-c3ccc(CO)o3)cc2)c1. The van der Waals surface area contributed by atoms with Gasteiger partial charge in [0.05, 0.1) is 0 Å². The van der Waals surface area contributed by atoms with E-state index in [4.69, 9.17) is 14.3 Å². The van der Waals surface area contributed by atoms with Crippen LogP contribution in [0.5, 0.6) is 5.75 Å². The third-order valence-electron chi connectivity index (χ3n) is 4.42. The highest BCUT2D eigenvalue weighted by molar-refractivity contribution is 5.92. The van der Waals surface area contributed by atoms with Gasteiger partial charge in [0.2, 0.25) is 0 Å². The quantitative estimate of drug-likeness (QED) is 0.613. The van der Waals surface area contributed by atoms with Crippen molar-refractivity contribution in [1.29, 1.82) is 0 Å². The number of ether oxygens (including phenoxy) is 1. The van der Waals surface area contributed by atoms with Crippen molar-refractivity contribution >= 4 is 11.6 Å². The van der Waals surface area contributed by atoms with Gasteiger partial charge in [-0.1, -0.05) is 26.0 Å². The number of carbonyl (C=O) groups is 1. The normalized spacial score (nSPS) is 10.9. The highest BCUT2D eigenvalue weighted by atomic mass is 16.5. The molecule has 0 unspecified atom stereocenters. The zero-order valence-electron chi connectivity index (χ0n) is 16.4. The summed E-state index contributed by atoms with van der Waals surface area (Å²) in [5, 5.41) is 11.9. The molecule has 2 N–H and O–H groups in total. The van der Waals surface area contributed by atoms with Gasteiger partial charge in [-0.2, -0.15) is 0 Å². The van der Waals surface area contributed by atoms with Gasteiger partial charge in [-0.15, -0.1) is 0 Å². The van der Waals surface area contributed by atoms with Gasteiger partial charge in [-0.05, 0) is 66.4 Å². The molecule has 0 atom stereocenters. The highest BCUT2D eigenvalue weighted by Crippen LogP contribution is 2.27. The van der Waals surface area contributed by atoms with Gasteiger partial charge < -0.3 is 19.6 Å². The van der Waals surface area contributed by atoms with E-state index in [0.717, 1.165) is 22.4 Å². The first-order valence-electron chi connectivity index (χ1n) is 9.29. The first-order chi connectivity index (χ1) is 13.5. The second-order valence-corrected chi connectivity index (χ2v) is 7.03. The maximum Gasteiger partial charge on any atom is 0.262 e. The molecule has 146 valence electrons. The molecule has 28 heavy (non-hydrogen) atoms. The average Bonchev–Trinajstić information content (AvgIpc) is 3.16. The Kier molecular flexibility index (Phi) is 6.16. The fourth-order valence-electron chi connectivity index (χ4n) is 2.92. The van der Waals surface area contributed by atoms with Gasteiger partial charge in [0.15, 0.2) is 6.61 Å². The molecule has 0 saturated carbocycles. The van der Waals surface area contributed by atoms with Crippen molar-refractivity contribution < 1.29 is 19.1 Å². The summed E-state index contributed by atoms with van der Waals surface area (Å²) in [6, 6.07) is 16.9. The minimum atomic E-state index is -0.218. The van der Waals surface area contributed by atoms with Crippen LogP contribution in [0.3, 0.4) is 0 Å². The summed E-state index contributed by atoms with van der Waals surface area (Å²) in [7, 11) is 0. The molecule has 0 aliphatic heterocycles. The maximum absolute atomic E-state index is 12.3. The van der Waals surface area contributed by atoms with Crippen LogP contribution in [0.15, 0.2) is 59.0 Å². The van der Waals surface area contributed by atoms with Crippen LogP contribution >= 0.6 is 0 Å². The van der Waals surface area contributed by atoms with Crippen LogP contribution in [0.4, 0.5) is 5.69 Å². The molecule has 1 heterocycles. The lowest BCUT2D eigenvalue weighted by atomic mass is 10.0. The Balaban J connectivity index is 1.60. The monoisotopic (exact) mass is 379 g/mol. The van der Waals surface area contributed by atoms with Crippen LogP contribution in [0.25, 0.3) is 11.3 Å². The van der Waals surface area contributed by atoms with Crippen molar-refractivity contribution in [2.45, 2.75) is 33.3 Å². The van der Waals surface area contributed by atoms with E-state index in [0.29, 0.717) is 23.1 Å². The number of rotatable bonds is 7. The Morgan fingerprint density at radius 2 is 1.86 bits per heavy atom. The third kappa shape index (κ3) is 4.81. The molecular formula is C23H25NO4. The Labute approximate surface area is 165 Å². The number of aryl methyl sites for hydroxylation is 1. The first kappa shape index (κ1) is 19.7. The topological polar surface area (TPSA) is 71.7 Å². The highest BCUT2D eigenvalue weighted by Gasteiger charge is 2.11. The number of benzene rings is 2. The number of furan rings is 1. The third-order valence-corrected chi connectivity index (χ3v) is 4.42. The Morgan fingerprint density at radius 1 is 1.11 bits per heavy atom. The van der Waals surface area contributed by atoms with E-state index >= 15 is 0 Å². The maximum atomic E-state index is 12.3. The first-order valence-corrected chi connectivity index (χ1v) is 9.29. The van der Waals surface area contributed by atoms with Crippen LogP contribution in [0.2, 0.25) is 0 Å². The second kappa shape index (κ2) is 8.76. The van der Waals surface area contributed by atoms with Crippen molar-refractivity contribution in [3.8, 4) is 17.1 Å². The van der Waals surface area contributed by atoms with E-state index < -0.39 is 0 Å². The van der Waals surface area contributed by atoms with Crippen LogP contribution in [-0.4, -0.2) is 17.6 Å². The standard InChI is InChI=1S/C23H25NO4/c1-15(2)20-10-4-16(3)12-22(20)27-14-23(26)24-18-7-5-17(6-8-18)21-11-9-19(13-25)28-21/h4-12,15,25H,13-14H2,1-3H3,(H,24,26). The van der Waals surface area contributed by atoms with Gasteiger partial charge in [-0.3, -0.25) is 4.79 Å². The molecule has 2 aromatic carbocycles. The molecule has 5 nitrogen and oxygen atoms in total. The summed E-state index contributed by atoms with van der Waals surface area (Å²) in [5.74, 6) is 2.04. The summed E-state index contributed by atoms with van der Waals surface area (Å²) in [6.07, 6.45) is 0. The van der Waals surface area contributed by atoms with Crippen LogP contribution in [0.1, 0.15) is 36.7 Å². The molecule has 1 aromatic heterocycles. The Morgan fingerprint density at radius 3 is 2.50 bits per heavy atom. The fraction of sp³-hybridized carbons (Fsp3) is 0.261. The molecule has 5 heteroatoms. The Hall–Kier alpha value is -3.05. The lowest BCUT2D eigenvalue weighted by Gasteiger charge is -2.15. The van der Waals surface area contributed by atoms with Crippen LogP contribution in [-0.2, 0) is 11.4 Å². The Bertz CT molecular complexity index is 941. The summed E-state index contributed by atoms with van der Waals surface area (Å²) in [5.41, 5.74) is 3.73. The number of hydrogen-bond acceptors (Lipinski definition) is 4. The van der Waals surface area contributed by atoms with Crippen molar-refractivity contribution in [3.63, 3.8) is 0 Å². The van der Waals surface area contributed by atoms with Gasteiger partial charge >= 0.3 is 0 Å². The predicted molar refractivity (Wildman–Crippen MR) is 109 cm³/mol. The number of nitrogens with one attached hydrogen (secondary N) is 1. The molecule has 0 radical (unpaired) electrons. The van der Waals surface area contributed by atoms with Crippen LogP contribution < -0.4 is 10.1 Å². The minimum absolute atomic E-state index is 0.0526. The molecule has 0 fully saturated rings. The van der Waals surface area contributed by atoms with E-state index in [2.05, 4.69) is 19.2 Å². The van der Waals surface area contributed by atoms with Crippen molar-refractivity contribution in [2.75, 3.05) is 11.9 Å². The van der Waals surface area contributed by atoms with Crippen molar-refractivity contribution in [3.05, 3.63) is 71.5 Å². The number of hydrogen-bond donors (Lipinski definition) is 2. The second-order valence-electron chi connectivity index (χ2n) is 7.03. The number of aliphatic hydroxyl groups excluding tert-OH is 1. The number of carbonyl (C=O) groups excluding carboxylic acids is 1. The lowest BCUT2D eigenvalue weighted by Crippen LogP contribution is -2.20. The molecule has 0 saturated heterocycles. The minimum Gasteiger partial charge on any atom is -0.483 e. The van der Waals surface area contributed by atoms with Gasteiger partial charge in [-0.25, -0.2) is 0 Å². The molecule has 0 bridgehead atoms. The van der Waals surface area contributed by atoms with E-state index in [1.54, 1.807) is 24.3 Å².